The number of benzene rings is 1. The zero-order chi connectivity index (χ0) is 19.9. The minimum Gasteiger partial charge on any atom is -0.379 e. The number of nitrogens with zero attached hydrogens (tertiary/aromatic N) is 2. The van der Waals surface area contributed by atoms with E-state index in [0.717, 1.165) is 29.7 Å². The van der Waals surface area contributed by atoms with Gasteiger partial charge in [-0.1, -0.05) is 17.7 Å². The average molecular weight is 414 g/mol. The third-order valence-corrected chi connectivity index (χ3v) is 5.52. The molecule has 2 unspecified atom stereocenters. The van der Waals surface area contributed by atoms with Crippen LogP contribution >= 0.6 is 11.6 Å². The molecule has 1 aliphatic heterocycles. The van der Waals surface area contributed by atoms with Crippen LogP contribution in [0, 0.1) is 5.92 Å². The minimum absolute atomic E-state index is 0.00754. The highest BCUT2D eigenvalue weighted by molar-refractivity contribution is 6.33. The van der Waals surface area contributed by atoms with Gasteiger partial charge in [-0.05, 0) is 49.8 Å². The lowest BCUT2D eigenvalue weighted by Gasteiger charge is -2.31. The van der Waals surface area contributed by atoms with Crippen LogP contribution in [0.2, 0.25) is 5.02 Å². The van der Waals surface area contributed by atoms with Gasteiger partial charge in [0.2, 0.25) is 0 Å². The van der Waals surface area contributed by atoms with Crippen molar-refractivity contribution in [2.24, 2.45) is 5.92 Å². The van der Waals surface area contributed by atoms with Crippen LogP contribution in [0.5, 0.6) is 0 Å². The van der Waals surface area contributed by atoms with E-state index in [1.54, 1.807) is 0 Å². The van der Waals surface area contributed by atoms with Crippen molar-refractivity contribution in [3.05, 3.63) is 51.4 Å². The first-order chi connectivity index (χ1) is 13.3. The number of aromatic nitrogens is 2. The molecule has 0 amide bonds. The third-order valence-electron chi connectivity index (χ3n) is 5.16. The van der Waals surface area contributed by atoms with Crippen LogP contribution in [0.25, 0.3) is 5.69 Å². The van der Waals surface area contributed by atoms with Crippen LogP contribution in [0.15, 0.2) is 35.3 Å². The van der Waals surface area contributed by atoms with Crippen molar-refractivity contribution >= 4 is 17.3 Å². The molecule has 1 saturated carbocycles. The summed E-state index contributed by atoms with van der Waals surface area (Å²) in [4.78, 5) is 12.6. The predicted molar refractivity (Wildman–Crippen MR) is 99.0 cm³/mol. The number of anilines is 1. The van der Waals surface area contributed by atoms with E-state index >= 15 is 0 Å². The van der Waals surface area contributed by atoms with Crippen LogP contribution in [-0.2, 0) is 10.9 Å². The molecule has 9 heteroatoms. The molecule has 28 heavy (non-hydrogen) atoms. The van der Waals surface area contributed by atoms with Crippen LogP contribution in [0.3, 0.4) is 0 Å². The van der Waals surface area contributed by atoms with E-state index in [-0.39, 0.29) is 22.9 Å². The molecule has 1 N–H and O–H groups in total. The summed E-state index contributed by atoms with van der Waals surface area (Å²) in [6.07, 6.45) is 1.09. The molecule has 2 aliphatic rings. The quantitative estimate of drug-likeness (QED) is 0.813. The van der Waals surface area contributed by atoms with E-state index in [4.69, 9.17) is 16.3 Å². The first-order valence-electron chi connectivity index (χ1n) is 9.16. The van der Waals surface area contributed by atoms with Crippen LogP contribution < -0.4 is 10.9 Å². The zero-order valence-corrected chi connectivity index (χ0v) is 15.6. The van der Waals surface area contributed by atoms with Crippen molar-refractivity contribution in [2.75, 3.05) is 11.9 Å². The number of nitrogens with one attached hydrogen (secondary N) is 1. The molecule has 0 radical (unpaired) electrons. The highest BCUT2D eigenvalue weighted by atomic mass is 35.5. The lowest BCUT2D eigenvalue weighted by Crippen LogP contribution is -2.35. The Hall–Kier alpha value is -2.06. The van der Waals surface area contributed by atoms with Gasteiger partial charge in [0, 0.05) is 12.6 Å². The molecule has 1 aromatic carbocycles. The van der Waals surface area contributed by atoms with Crippen molar-refractivity contribution in [1.29, 1.82) is 0 Å². The maximum Gasteiger partial charge on any atom is 0.416 e. The van der Waals surface area contributed by atoms with Crippen molar-refractivity contribution in [3.8, 4) is 5.69 Å². The Balaban J connectivity index is 1.56. The Bertz CT molecular complexity index is 927. The van der Waals surface area contributed by atoms with E-state index < -0.39 is 17.3 Å². The van der Waals surface area contributed by atoms with E-state index in [0.29, 0.717) is 18.2 Å². The summed E-state index contributed by atoms with van der Waals surface area (Å²) in [7, 11) is 0. The van der Waals surface area contributed by atoms with E-state index in [9.17, 15) is 18.0 Å². The van der Waals surface area contributed by atoms with Gasteiger partial charge in [0.25, 0.3) is 5.56 Å². The fourth-order valence-corrected chi connectivity index (χ4v) is 3.69. The predicted octanol–water partition coefficient (Wildman–Crippen LogP) is 4.27. The van der Waals surface area contributed by atoms with Gasteiger partial charge in [-0.25, -0.2) is 0 Å². The number of hydrogen-bond donors (Lipinski definition) is 1. The highest BCUT2D eigenvalue weighted by Crippen LogP contribution is 2.38. The number of halogens is 4. The molecule has 2 aromatic rings. The minimum atomic E-state index is -4.51. The maximum absolute atomic E-state index is 12.9. The molecule has 2 fully saturated rings. The van der Waals surface area contributed by atoms with E-state index in [2.05, 4.69) is 10.4 Å². The molecule has 1 saturated heterocycles. The lowest BCUT2D eigenvalue weighted by molar-refractivity contribution is -0.137. The Labute approximate surface area is 164 Å². The summed E-state index contributed by atoms with van der Waals surface area (Å²) in [6.45, 7) is 0.644. The number of rotatable bonds is 4. The van der Waals surface area contributed by atoms with Gasteiger partial charge in [-0.3, -0.25) is 4.79 Å². The smallest absolute Gasteiger partial charge is 0.379 e. The van der Waals surface area contributed by atoms with Gasteiger partial charge in [0.15, 0.2) is 0 Å². The number of alkyl halides is 3. The lowest BCUT2D eigenvalue weighted by atomic mass is 10.00. The van der Waals surface area contributed by atoms with E-state index in [1.165, 1.54) is 31.2 Å². The Kier molecular flexibility index (Phi) is 5.09. The molecule has 4 rings (SSSR count). The molecule has 1 aliphatic carbocycles. The monoisotopic (exact) mass is 413 g/mol. The van der Waals surface area contributed by atoms with Crippen LogP contribution in [0.4, 0.5) is 18.9 Å². The summed E-state index contributed by atoms with van der Waals surface area (Å²) in [6, 6.07) is 4.53. The summed E-state index contributed by atoms with van der Waals surface area (Å²) in [5.74, 6) is 0.618. The molecule has 2 heterocycles. The molecule has 1 aromatic heterocycles. The number of ether oxygens (including phenoxy) is 1. The van der Waals surface area contributed by atoms with Gasteiger partial charge in [-0.15, -0.1) is 0 Å². The SMILES string of the molecule is O=c1c(Cl)c(NC2CCOC(C3CC3)C2)cnn1-c1cccc(C(F)(F)F)c1. The topological polar surface area (TPSA) is 56.1 Å². The maximum atomic E-state index is 12.9. The Morgan fingerprint density at radius 1 is 1.25 bits per heavy atom. The van der Waals surface area contributed by atoms with Gasteiger partial charge in [0.05, 0.1) is 29.2 Å². The molecule has 0 spiro atoms. The number of hydrogen-bond acceptors (Lipinski definition) is 4. The zero-order valence-electron chi connectivity index (χ0n) is 14.9. The first-order valence-corrected chi connectivity index (χ1v) is 9.54. The average Bonchev–Trinajstić information content (AvgIpc) is 3.51. The van der Waals surface area contributed by atoms with Crippen molar-refractivity contribution in [1.82, 2.24) is 9.78 Å². The van der Waals surface area contributed by atoms with Crippen molar-refractivity contribution in [2.45, 2.75) is 44.0 Å². The second-order valence-corrected chi connectivity index (χ2v) is 7.63. The molecular weight excluding hydrogens is 395 g/mol. The van der Waals surface area contributed by atoms with Crippen molar-refractivity contribution < 1.29 is 17.9 Å². The fraction of sp³-hybridized carbons (Fsp3) is 0.474. The first kappa shape index (κ1) is 19.3. The van der Waals surface area contributed by atoms with Crippen LogP contribution in [-0.4, -0.2) is 28.5 Å². The fourth-order valence-electron chi connectivity index (χ4n) is 3.51. The molecule has 150 valence electrons. The van der Waals surface area contributed by atoms with E-state index in [1.807, 2.05) is 0 Å². The van der Waals surface area contributed by atoms with Gasteiger partial charge in [0.1, 0.15) is 5.02 Å². The molecule has 5 nitrogen and oxygen atoms in total. The van der Waals surface area contributed by atoms with Gasteiger partial charge >= 0.3 is 6.18 Å². The van der Waals surface area contributed by atoms with Gasteiger partial charge < -0.3 is 10.1 Å². The summed E-state index contributed by atoms with van der Waals surface area (Å²) in [5, 5.41) is 7.18. The van der Waals surface area contributed by atoms with Gasteiger partial charge in [-0.2, -0.15) is 23.0 Å². The summed E-state index contributed by atoms with van der Waals surface area (Å²) in [5.41, 5.74) is -1.13. The summed E-state index contributed by atoms with van der Waals surface area (Å²) < 4.78 is 45.4. The largest absolute Gasteiger partial charge is 0.416 e. The van der Waals surface area contributed by atoms with Crippen molar-refractivity contribution in [3.63, 3.8) is 0 Å². The third kappa shape index (κ3) is 4.03. The Morgan fingerprint density at radius 2 is 2.04 bits per heavy atom. The normalized spacial score (nSPS) is 22.9. The highest BCUT2D eigenvalue weighted by Gasteiger charge is 2.36. The molecule has 2 atom stereocenters. The van der Waals surface area contributed by atoms with Crippen LogP contribution in [0.1, 0.15) is 31.2 Å². The molecular formula is C19H19ClF3N3O2. The second kappa shape index (κ2) is 7.40. The Morgan fingerprint density at radius 3 is 2.75 bits per heavy atom. The summed E-state index contributed by atoms with van der Waals surface area (Å²) >= 11 is 6.22. The molecule has 0 bridgehead atoms. The standard InChI is InChI=1S/C19H19ClF3N3O2/c20-17-15(25-13-6-7-28-16(9-13)11-4-5-11)10-24-26(18(17)27)14-3-1-2-12(8-14)19(21,22)23/h1-3,8,10-11,13,16,25H,4-7,9H2. The second-order valence-electron chi connectivity index (χ2n) is 7.25.